The van der Waals surface area contributed by atoms with Gasteiger partial charge in [-0.1, -0.05) is 6.07 Å². The molecule has 1 fully saturated rings. The van der Waals surface area contributed by atoms with Gasteiger partial charge in [-0.15, -0.1) is 0 Å². The van der Waals surface area contributed by atoms with Gasteiger partial charge in [-0.25, -0.2) is 0 Å². The van der Waals surface area contributed by atoms with Gasteiger partial charge in [0.2, 0.25) is 0 Å². The maximum absolute atomic E-state index is 12.4. The standard InChI is InChI=1S/C17H18N4O3/c1-12-10-13(5-6-16(12)21(23)24)19-14-7-9-20(11-14)17(22)15-4-2-3-8-18-15/h2-6,8,10,14,19H,7,9,11H2,1H3. The highest BCUT2D eigenvalue weighted by molar-refractivity contribution is 5.92. The zero-order valence-corrected chi connectivity index (χ0v) is 13.3. The first-order chi connectivity index (χ1) is 11.5. The lowest BCUT2D eigenvalue weighted by molar-refractivity contribution is -0.385. The smallest absolute Gasteiger partial charge is 0.272 e. The Kier molecular flexibility index (Phi) is 4.41. The number of likely N-dealkylation sites (tertiary alicyclic amines) is 1. The van der Waals surface area contributed by atoms with Crippen molar-refractivity contribution in [3.05, 3.63) is 64.0 Å². The fraction of sp³-hybridized carbons (Fsp3) is 0.294. The van der Waals surface area contributed by atoms with Crippen molar-refractivity contribution in [1.29, 1.82) is 0 Å². The largest absolute Gasteiger partial charge is 0.380 e. The van der Waals surface area contributed by atoms with Crippen LogP contribution in [0.5, 0.6) is 0 Å². The van der Waals surface area contributed by atoms with Crippen molar-refractivity contribution < 1.29 is 9.72 Å². The number of nitro groups is 1. The Bertz CT molecular complexity index is 764. The summed E-state index contributed by atoms with van der Waals surface area (Å²) in [4.78, 5) is 28.7. The minimum absolute atomic E-state index is 0.0696. The lowest BCUT2D eigenvalue weighted by atomic mass is 10.1. The molecular weight excluding hydrogens is 308 g/mol. The van der Waals surface area contributed by atoms with Crippen LogP contribution in [0.2, 0.25) is 0 Å². The number of nitrogens with zero attached hydrogens (tertiary/aromatic N) is 3. The molecule has 1 saturated heterocycles. The van der Waals surface area contributed by atoms with E-state index in [1.807, 2.05) is 0 Å². The molecule has 24 heavy (non-hydrogen) atoms. The molecule has 124 valence electrons. The molecule has 0 spiro atoms. The number of nitro benzene ring substituents is 1. The van der Waals surface area contributed by atoms with E-state index >= 15 is 0 Å². The number of hydrogen-bond acceptors (Lipinski definition) is 5. The minimum atomic E-state index is -0.387. The Morgan fingerprint density at radius 1 is 1.38 bits per heavy atom. The van der Waals surface area contributed by atoms with Crippen molar-refractivity contribution in [1.82, 2.24) is 9.88 Å². The van der Waals surface area contributed by atoms with Gasteiger partial charge < -0.3 is 10.2 Å². The van der Waals surface area contributed by atoms with Crippen LogP contribution >= 0.6 is 0 Å². The molecule has 1 aromatic heterocycles. The van der Waals surface area contributed by atoms with Crippen LogP contribution in [0, 0.1) is 17.0 Å². The second-order valence-electron chi connectivity index (χ2n) is 5.85. The van der Waals surface area contributed by atoms with Crippen LogP contribution in [0.25, 0.3) is 0 Å². The van der Waals surface area contributed by atoms with E-state index in [1.54, 1.807) is 48.4 Å². The number of pyridine rings is 1. The van der Waals surface area contributed by atoms with Crippen LogP contribution in [0.15, 0.2) is 42.6 Å². The summed E-state index contributed by atoms with van der Waals surface area (Å²) in [5, 5.41) is 14.2. The molecular formula is C17H18N4O3. The SMILES string of the molecule is Cc1cc(NC2CCN(C(=O)c3ccccn3)C2)ccc1[N+](=O)[O-]. The molecule has 2 heterocycles. The first kappa shape index (κ1) is 15.9. The Morgan fingerprint density at radius 3 is 2.88 bits per heavy atom. The highest BCUT2D eigenvalue weighted by Crippen LogP contribution is 2.23. The summed E-state index contributed by atoms with van der Waals surface area (Å²) in [7, 11) is 0. The molecule has 1 amide bonds. The second-order valence-corrected chi connectivity index (χ2v) is 5.85. The second kappa shape index (κ2) is 6.66. The Labute approximate surface area is 139 Å². The zero-order valence-electron chi connectivity index (χ0n) is 13.3. The van der Waals surface area contributed by atoms with Crippen LogP contribution in [-0.4, -0.2) is 39.8 Å². The summed E-state index contributed by atoms with van der Waals surface area (Å²) < 4.78 is 0. The number of rotatable bonds is 4. The van der Waals surface area contributed by atoms with Crippen molar-refractivity contribution in [2.45, 2.75) is 19.4 Å². The average molecular weight is 326 g/mol. The Hall–Kier alpha value is -2.96. The van der Waals surface area contributed by atoms with Gasteiger partial charge >= 0.3 is 0 Å². The topological polar surface area (TPSA) is 88.4 Å². The number of nitrogens with one attached hydrogen (secondary N) is 1. The van der Waals surface area contributed by atoms with E-state index in [-0.39, 0.29) is 22.6 Å². The van der Waals surface area contributed by atoms with Gasteiger partial charge in [0.15, 0.2) is 0 Å². The van der Waals surface area contributed by atoms with Gasteiger partial charge in [0.1, 0.15) is 5.69 Å². The summed E-state index contributed by atoms with van der Waals surface area (Å²) in [5.74, 6) is -0.0696. The van der Waals surface area contributed by atoms with Gasteiger partial charge in [-0.05, 0) is 37.6 Å². The first-order valence-corrected chi connectivity index (χ1v) is 7.76. The molecule has 1 N–H and O–H groups in total. The molecule has 3 rings (SSSR count). The van der Waals surface area contributed by atoms with Crippen molar-refractivity contribution in [2.75, 3.05) is 18.4 Å². The predicted molar refractivity (Wildman–Crippen MR) is 90.0 cm³/mol. The average Bonchev–Trinajstić information content (AvgIpc) is 3.03. The van der Waals surface area contributed by atoms with E-state index in [2.05, 4.69) is 10.3 Å². The summed E-state index contributed by atoms with van der Waals surface area (Å²) >= 11 is 0. The molecule has 1 aliphatic heterocycles. The molecule has 7 nitrogen and oxygen atoms in total. The van der Waals surface area contributed by atoms with Crippen LogP contribution in [0.1, 0.15) is 22.5 Å². The van der Waals surface area contributed by atoms with Crippen molar-refractivity contribution >= 4 is 17.3 Å². The van der Waals surface area contributed by atoms with E-state index in [1.165, 1.54) is 6.07 Å². The maximum Gasteiger partial charge on any atom is 0.272 e. The number of aromatic nitrogens is 1. The van der Waals surface area contributed by atoms with Gasteiger partial charge in [0.25, 0.3) is 11.6 Å². The van der Waals surface area contributed by atoms with Gasteiger partial charge in [-0.2, -0.15) is 0 Å². The van der Waals surface area contributed by atoms with E-state index in [0.717, 1.165) is 12.1 Å². The monoisotopic (exact) mass is 326 g/mol. The number of carbonyl (C=O) groups is 1. The highest BCUT2D eigenvalue weighted by atomic mass is 16.6. The van der Waals surface area contributed by atoms with Crippen molar-refractivity contribution in [3.8, 4) is 0 Å². The van der Waals surface area contributed by atoms with Gasteiger partial charge in [0.05, 0.1) is 4.92 Å². The molecule has 1 atom stereocenters. The Balaban J connectivity index is 1.63. The lowest BCUT2D eigenvalue weighted by Gasteiger charge is -2.17. The molecule has 1 aliphatic rings. The number of benzene rings is 1. The van der Waals surface area contributed by atoms with E-state index in [4.69, 9.17) is 0 Å². The normalized spacial score (nSPS) is 16.9. The molecule has 7 heteroatoms. The summed E-state index contributed by atoms with van der Waals surface area (Å²) in [6.07, 6.45) is 2.44. The molecule has 1 unspecified atom stereocenters. The summed E-state index contributed by atoms with van der Waals surface area (Å²) in [6.45, 7) is 2.97. The van der Waals surface area contributed by atoms with E-state index < -0.39 is 0 Å². The van der Waals surface area contributed by atoms with Crippen LogP contribution in [0.4, 0.5) is 11.4 Å². The molecule has 2 aromatic rings. The number of amides is 1. The first-order valence-electron chi connectivity index (χ1n) is 7.76. The van der Waals surface area contributed by atoms with E-state index in [0.29, 0.717) is 24.3 Å². The third kappa shape index (κ3) is 3.34. The third-order valence-electron chi connectivity index (χ3n) is 4.12. The molecule has 0 bridgehead atoms. The molecule has 0 aliphatic carbocycles. The Morgan fingerprint density at radius 2 is 2.21 bits per heavy atom. The fourth-order valence-electron chi connectivity index (χ4n) is 2.90. The highest BCUT2D eigenvalue weighted by Gasteiger charge is 2.27. The number of carbonyl (C=O) groups excluding carboxylic acids is 1. The van der Waals surface area contributed by atoms with Crippen LogP contribution < -0.4 is 5.32 Å². The minimum Gasteiger partial charge on any atom is -0.380 e. The zero-order chi connectivity index (χ0) is 17.1. The van der Waals surface area contributed by atoms with Crippen molar-refractivity contribution in [3.63, 3.8) is 0 Å². The maximum atomic E-state index is 12.4. The number of hydrogen-bond donors (Lipinski definition) is 1. The lowest BCUT2D eigenvalue weighted by Crippen LogP contribution is -2.32. The summed E-state index contributed by atoms with van der Waals surface area (Å²) in [5.41, 5.74) is 2.00. The fourth-order valence-corrected chi connectivity index (χ4v) is 2.90. The van der Waals surface area contributed by atoms with E-state index in [9.17, 15) is 14.9 Å². The van der Waals surface area contributed by atoms with Gasteiger partial charge in [-0.3, -0.25) is 19.9 Å². The molecule has 1 aromatic carbocycles. The third-order valence-corrected chi connectivity index (χ3v) is 4.12. The molecule has 0 radical (unpaired) electrons. The number of aryl methyl sites for hydroxylation is 1. The molecule has 0 saturated carbocycles. The summed E-state index contributed by atoms with van der Waals surface area (Å²) in [6, 6.07) is 10.4. The van der Waals surface area contributed by atoms with Crippen LogP contribution in [0.3, 0.4) is 0 Å². The quantitative estimate of drug-likeness (QED) is 0.689. The predicted octanol–water partition coefficient (Wildman–Crippen LogP) is 2.62. The van der Waals surface area contributed by atoms with Gasteiger partial charge in [0, 0.05) is 42.6 Å². The number of anilines is 1. The van der Waals surface area contributed by atoms with Crippen molar-refractivity contribution in [2.24, 2.45) is 0 Å². The van der Waals surface area contributed by atoms with Crippen LogP contribution in [-0.2, 0) is 0 Å².